The topological polar surface area (TPSA) is 62.3 Å². The second kappa shape index (κ2) is 7.47. The molecule has 1 N–H and O–H groups in total. The largest absolute Gasteiger partial charge is 0.340 e. The number of rotatable bonds is 4. The van der Waals surface area contributed by atoms with Crippen LogP contribution in [0.25, 0.3) is 0 Å². The van der Waals surface area contributed by atoms with E-state index in [0.29, 0.717) is 18.7 Å². The summed E-state index contributed by atoms with van der Waals surface area (Å²) in [5.74, 6) is -0.255. The molecule has 1 aromatic carbocycles. The first-order valence-corrected chi connectivity index (χ1v) is 8.62. The number of carbonyl (C=O) groups is 2. The van der Waals surface area contributed by atoms with Gasteiger partial charge in [-0.2, -0.15) is 0 Å². The molecule has 1 aliphatic rings. The summed E-state index contributed by atoms with van der Waals surface area (Å²) in [7, 11) is 0. The standard InChI is InChI=1S/C20H23N3O2/c1-14(2)18(22-19(24)16-7-10-21-11-8-16)20(25)23-12-9-15-5-3-4-6-17(15)13-23/h3-8,10-11,14,18H,9,12-13H2,1-2H3,(H,22,24)/t18-/m0/s1. The summed E-state index contributed by atoms with van der Waals surface area (Å²) in [5.41, 5.74) is 3.00. The van der Waals surface area contributed by atoms with E-state index in [4.69, 9.17) is 0 Å². The Balaban J connectivity index is 1.73. The lowest BCUT2D eigenvalue weighted by atomic mass is 9.97. The van der Waals surface area contributed by atoms with Gasteiger partial charge < -0.3 is 10.2 Å². The van der Waals surface area contributed by atoms with Gasteiger partial charge in [-0.3, -0.25) is 14.6 Å². The number of carbonyl (C=O) groups excluding carboxylic acids is 2. The fourth-order valence-electron chi connectivity index (χ4n) is 3.12. The van der Waals surface area contributed by atoms with Crippen molar-refractivity contribution in [2.45, 2.75) is 32.9 Å². The average molecular weight is 337 g/mol. The quantitative estimate of drug-likeness (QED) is 0.932. The number of amides is 2. The van der Waals surface area contributed by atoms with Crippen molar-refractivity contribution in [3.63, 3.8) is 0 Å². The third-order valence-electron chi connectivity index (χ3n) is 4.60. The first kappa shape index (κ1) is 17.1. The van der Waals surface area contributed by atoms with E-state index in [2.05, 4.69) is 22.4 Å². The Morgan fingerprint density at radius 1 is 1.08 bits per heavy atom. The van der Waals surface area contributed by atoms with E-state index in [1.54, 1.807) is 24.5 Å². The van der Waals surface area contributed by atoms with Gasteiger partial charge in [-0.25, -0.2) is 0 Å². The van der Waals surface area contributed by atoms with Crippen LogP contribution >= 0.6 is 0 Å². The molecule has 0 aliphatic carbocycles. The van der Waals surface area contributed by atoms with Crippen LogP contribution in [0, 0.1) is 5.92 Å². The highest BCUT2D eigenvalue weighted by Crippen LogP contribution is 2.20. The molecule has 0 radical (unpaired) electrons. The molecule has 1 atom stereocenters. The monoisotopic (exact) mass is 337 g/mol. The minimum Gasteiger partial charge on any atom is -0.340 e. The second-order valence-corrected chi connectivity index (χ2v) is 6.71. The van der Waals surface area contributed by atoms with E-state index in [1.807, 2.05) is 30.9 Å². The summed E-state index contributed by atoms with van der Waals surface area (Å²) < 4.78 is 0. The van der Waals surface area contributed by atoms with Crippen LogP contribution in [0.5, 0.6) is 0 Å². The Bertz CT molecular complexity index is 759. The van der Waals surface area contributed by atoms with Crippen LogP contribution in [0.3, 0.4) is 0 Å². The van der Waals surface area contributed by atoms with Gasteiger partial charge in [0.25, 0.3) is 5.91 Å². The molecule has 0 saturated heterocycles. The zero-order valence-corrected chi connectivity index (χ0v) is 14.6. The number of pyridine rings is 1. The third kappa shape index (κ3) is 3.87. The molecule has 2 aromatic rings. The predicted molar refractivity (Wildman–Crippen MR) is 95.9 cm³/mol. The fraction of sp³-hybridized carbons (Fsp3) is 0.350. The normalized spacial score (nSPS) is 14.8. The molecular formula is C20H23N3O2. The maximum Gasteiger partial charge on any atom is 0.252 e. The maximum absolute atomic E-state index is 13.0. The van der Waals surface area contributed by atoms with Crippen molar-refractivity contribution in [2.75, 3.05) is 6.54 Å². The number of nitrogens with zero attached hydrogens (tertiary/aromatic N) is 2. The van der Waals surface area contributed by atoms with Gasteiger partial charge in [0.15, 0.2) is 0 Å². The Morgan fingerprint density at radius 2 is 1.76 bits per heavy atom. The predicted octanol–water partition coefficient (Wildman–Crippen LogP) is 2.42. The lowest BCUT2D eigenvalue weighted by Gasteiger charge is -2.33. The SMILES string of the molecule is CC(C)[C@H](NC(=O)c1ccncc1)C(=O)N1CCc2ccccc2C1. The third-order valence-corrected chi connectivity index (χ3v) is 4.60. The van der Waals surface area contributed by atoms with E-state index in [1.165, 1.54) is 11.1 Å². The molecule has 2 heterocycles. The van der Waals surface area contributed by atoms with E-state index >= 15 is 0 Å². The van der Waals surface area contributed by atoms with Gasteiger partial charge in [0.2, 0.25) is 5.91 Å². The molecule has 1 aliphatic heterocycles. The lowest BCUT2D eigenvalue weighted by Crippen LogP contribution is -2.52. The smallest absolute Gasteiger partial charge is 0.252 e. The van der Waals surface area contributed by atoms with Crippen LogP contribution < -0.4 is 5.32 Å². The van der Waals surface area contributed by atoms with Gasteiger partial charge in [-0.05, 0) is 35.6 Å². The van der Waals surface area contributed by atoms with Crippen LogP contribution in [0.2, 0.25) is 0 Å². The molecule has 25 heavy (non-hydrogen) atoms. The van der Waals surface area contributed by atoms with Crippen molar-refractivity contribution in [3.8, 4) is 0 Å². The number of hydrogen-bond donors (Lipinski definition) is 1. The van der Waals surface area contributed by atoms with Crippen molar-refractivity contribution in [2.24, 2.45) is 5.92 Å². The number of nitrogens with one attached hydrogen (secondary N) is 1. The van der Waals surface area contributed by atoms with Crippen LogP contribution in [0.15, 0.2) is 48.8 Å². The summed E-state index contributed by atoms with van der Waals surface area (Å²) in [5, 5.41) is 2.90. The summed E-state index contributed by atoms with van der Waals surface area (Å²) in [6.07, 6.45) is 4.00. The molecule has 5 heteroatoms. The van der Waals surface area contributed by atoms with E-state index in [-0.39, 0.29) is 17.7 Å². The molecule has 1 aromatic heterocycles. The molecule has 5 nitrogen and oxygen atoms in total. The van der Waals surface area contributed by atoms with Gasteiger partial charge in [0, 0.05) is 31.0 Å². The Hall–Kier alpha value is -2.69. The summed E-state index contributed by atoms with van der Waals surface area (Å²) in [6, 6.07) is 11.0. The average Bonchev–Trinajstić information content (AvgIpc) is 2.65. The molecule has 0 fully saturated rings. The first-order valence-electron chi connectivity index (χ1n) is 8.62. The highest BCUT2D eigenvalue weighted by Gasteiger charge is 2.30. The van der Waals surface area contributed by atoms with E-state index in [0.717, 1.165) is 6.42 Å². The summed E-state index contributed by atoms with van der Waals surface area (Å²) in [6.45, 7) is 5.19. The minimum absolute atomic E-state index is 0.00968. The summed E-state index contributed by atoms with van der Waals surface area (Å²) >= 11 is 0. The van der Waals surface area contributed by atoms with Crippen molar-refractivity contribution < 1.29 is 9.59 Å². The highest BCUT2D eigenvalue weighted by molar-refractivity contribution is 5.97. The molecule has 2 amide bonds. The first-order chi connectivity index (χ1) is 12.1. The number of aromatic nitrogens is 1. The van der Waals surface area contributed by atoms with Crippen molar-refractivity contribution in [1.29, 1.82) is 0 Å². The lowest BCUT2D eigenvalue weighted by molar-refractivity contribution is -0.135. The van der Waals surface area contributed by atoms with Gasteiger partial charge in [0.05, 0.1) is 0 Å². The molecule has 3 rings (SSSR count). The Morgan fingerprint density at radius 3 is 2.44 bits per heavy atom. The van der Waals surface area contributed by atoms with Crippen molar-refractivity contribution in [1.82, 2.24) is 15.2 Å². The fourth-order valence-corrected chi connectivity index (χ4v) is 3.12. The van der Waals surface area contributed by atoms with Crippen LogP contribution in [-0.2, 0) is 17.8 Å². The maximum atomic E-state index is 13.0. The van der Waals surface area contributed by atoms with E-state index < -0.39 is 6.04 Å². The Labute approximate surface area is 148 Å². The van der Waals surface area contributed by atoms with Gasteiger partial charge in [-0.1, -0.05) is 38.1 Å². The van der Waals surface area contributed by atoms with Crippen LogP contribution in [0.4, 0.5) is 0 Å². The minimum atomic E-state index is -0.536. The number of fused-ring (bicyclic) bond motifs is 1. The van der Waals surface area contributed by atoms with Crippen LogP contribution in [-0.4, -0.2) is 34.3 Å². The zero-order valence-electron chi connectivity index (χ0n) is 14.6. The number of hydrogen-bond acceptors (Lipinski definition) is 3. The van der Waals surface area contributed by atoms with Gasteiger partial charge in [-0.15, -0.1) is 0 Å². The molecule has 0 saturated carbocycles. The molecule has 130 valence electrons. The molecule has 0 unspecified atom stereocenters. The Kier molecular flexibility index (Phi) is 5.12. The summed E-state index contributed by atoms with van der Waals surface area (Å²) in [4.78, 5) is 31.2. The second-order valence-electron chi connectivity index (χ2n) is 6.71. The molecule has 0 spiro atoms. The van der Waals surface area contributed by atoms with Crippen LogP contribution in [0.1, 0.15) is 35.3 Å². The van der Waals surface area contributed by atoms with Crippen molar-refractivity contribution in [3.05, 3.63) is 65.5 Å². The van der Waals surface area contributed by atoms with Gasteiger partial charge in [0.1, 0.15) is 6.04 Å². The van der Waals surface area contributed by atoms with Gasteiger partial charge >= 0.3 is 0 Å². The molecule has 0 bridgehead atoms. The highest BCUT2D eigenvalue weighted by atomic mass is 16.2. The molecular weight excluding hydrogens is 314 g/mol. The van der Waals surface area contributed by atoms with E-state index in [9.17, 15) is 9.59 Å². The van der Waals surface area contributed by atoms with Crippen molar-refractivity contribution >= 4 is 11.8 Å². The zero-order chi connectivity index (χ0) is 17.8. The number of benzene rings is 1.